The molecule has 0 saturated heterocycles. The number of amides is 1. The summed E-state index contributed by atoms with van der Waals surface area (Å²) in [6, 6.07) is 15.3. The summed E-state index contributed by atoms with van der Waals surface area (Å²) in [7, 11) is 0. The predicted molar refractivity (Wildman–Crippen MR) is 90.5 cm³/mol. The smallest absolute Gasteiger partial charge is 0.341 e. The van der Waals surface area contributed by atoms with Crippen molar-refractivity contribution in [2.45, 2.75) is 6.10 Å². The number of primary amides is 1. The van der Waals surface area contributed by atoms with E-state index in [4.69, 9.17) is 22.1 Å². The molecule has 1 aromatic heterocycles. The molecular weight excluding hydrogens is 328 g/mol. The fraction of sp³-hybridized carbons (Fsp3) is 0.0556. The Morgan fingerprint density at radius 1 is 1.08 bits per heavy atom. The van der Waals surface area contributed by atoms with Crippen LogP contribution in [-0.2, 0) is 9.53 Å². The summed E-state index contributed by atoms with van der Waals surface area (Å²) in [6.45, 7) is 0. The first-order chi connectivity index (χ1) is 11.6. The summed E-state index contributed by atoms with van der Waals surface area (Å²) in [5.74, 6) is -1.47. The van der Waals surface area contributed by atoms with Gasteiger partial charge in [-0.1, -0.05) is 48.0 Å². The van der Waals surface area contributed by atoms with E-state index in [1.807, 2.05) is 0 Å². The molecule has 0 bridgehead atoms. The van der Waals surface area contributed by atoms with Gasteiger partial charge in [-0.05, 0) is 18.2 Å². The molecule has 0 radical (unpaired) electrons. The Morgan fingerprint density at radius 3 is 2.54 bits per heavy atom. The van der Waals surface area contributed by atoms with E-state index in [1.165, 1.54) is 6.07 Å². The van der Waals surface area contributed by atoms with E-state index in [0.29, 0.717) is 21.5 Å². The Balaban J connectivity index is 1.99. The maximum Gasteiger partial charge on any atom is 0.341 e. The van der Waals surface area contributed by atoms with Crippen molar-refractivity contribution in [3.63, 3.8) is 0 Å². The molecule has 0 aliphatic carbocycles. The number of pyridine rings is 1. The first-order valence-corrected chi connectivity index (χ1v) is 7.53. The minimum Gasteiger partial charge on any atom is -0.444 e. The maximum atomic E-state index is 12.6. The van der Waals surface area contributed by atoms with Crippen molar-refractivity contribution >= 4 is 34.4 Å². The lowest BCUT2D eigenvalue weighted by atomic mass is 10.1. The third-order valence-electron chi connectivity index (χ3n) is 3.48. The van der Waals surface area contributed by atoms with Crippen molar-refractivity contribution in [1.29, 1.82) is 0 Å². The van der Waals surface area contributed by atoms with Crippen LogP contribution in [0, 0.1) is 0 Å². The van der Waals surface area contributed by atoms with Crippen molar-refractivity contribution in [3.8, 4) is 0 Å². The van der Waals surface area contributed by atoms with Crippen LogP contribution in [0.3, 0.4) is 0 Å². The number of aromatic nitrogens is 1. The van der Waals surface area contributed by atoms with Crippen molar-refractivity contribution in [3.05, 3.63) is 76.9 Å². The third-order valence-corrected chi connectivity index (χ3v) is 3.69. The highest BCUT2D eigenvalue weighted by Gasteiger charge is 2.24. The van der Waals surface area contributed by atoms with Gasteiger partial charge >= 0.3 is 5.97 Å². The lowest BCUT2D eigenvalue weighted by Crippen LogP contribution is -2.26. The quantitative estimate of drug-likeness (QED) is 0.739. The van der Waals surface area contributed by atoms with E-state index in [1.54, 1.807) is 54.7 Å². The maximum absolute atomic E-state index is 12.6. The molecule has 0 spiro atoms. The largest absolute Gasteiger partial charge is 0.444 e. The van der Waals surface area contributed by atoms with E-state index in [-0.39, 0.29) is 5.56 Å². The van der Waals surface area contributed by atoms with Crippen LogP contribution < -0.4 is 5.73 Å². The molecule has 120 valence electrons. The number of hydrogen-bond donors (Lipinski definition) is 1. The first-order valence-electron chi connectivity index (χ1n) is 7.16. The van der Waals surface area contributed by atoms with Crippen LogP contribution in [0.25, 0.3) is 10.9 Å². The Kier molecular flexibility index (Phi) is 4.44. The van der Waals surface area contributed by atoms with Crippen LogP contribution in [0.2, 0.25) is 5.02 Å². The summed E-state index contributed by atoms with van der Waals surface area (Å²) in [5.41, 5.74) is 6.51. The van der Waals surface area contributed by atoms with E-state index >= 15 is 0 Å². The summed E-state index contributed by atoms with van der Waals surface area (Å²) < 4.78 is 5.34. The van der Waals surface area contributed by atoms with Crippen LogP contribution in [0.5, 0.6) is 0 Å². The van der Waals surface area contributed by atoms with Gasteiger partial charge in [0.1, 0.15) is 0 Å². The van der Waals surface area contributed by atoms with Crippen molar-refractivity contribution < 1.29 is 14.3 Å². The van der Waals surface area contributed by atoms with Gasteiger partial charge in [0.2, 0.25) is 6.10 Å². The fourth-order valence-corrected chi connectivity index (χ4v) is 2.63. The van der Waals surface area contributed by atoms with E-state index in [9.17, 15) is 9.59 Å². The zero-order chi connectivity index (χ0) is 17.1. The van der Waals surface area contributed by atoms with Gasteiger partial charge < -0.3 is 10.5 Å². The number of ether oxygens (including phenoxy) is 1. The Labute approximate surface area is 143 Å². The lowest BCUT2D eigenvalue weighted by molar-refractivity contribution is -0.127. The molecule has 2 N–H and O–H groups in total. The third kappa shape index (κ3) is 3.21. The molecule has 0 fully saturated rings. The second-order valence-electron chi connectivity index (χ2n) is 5.13. The molecule has 0 aliphatic heterocycles. The van der Waals surface area contributed by atoms with E-state index < -0.39 is 18.0 Å². The van der Waals surface area contributed by atoms with E-state index in [2.05, 4.69) is 4.98 Å². The molecule has 3 rings (SSSR count). The van der Waals surface area contributed by atoms with Gasteiger partial charge in [0.05, 0.1) is 11.1 Å². The Hall–Kier alpha value is -2.92. The molecule has 1 heterocycles. The monoisotopic (exact) mass is 340 g/mol. The number of hydrogen-bond acceptors (Lipinski definition) is 4. The molecule has 6 heteroatoms. The van der Waals surface area contributed by atoms with Gasteiger partial charge in [-0.15, -0.1) is 0 Å². The van der Waals surface area contributed by atoms with Crippen LogP contribution >= 0.6 is 11.6 Å². The molecule has 0 aliphatic rings. The number of rotatable bonds is 4. The second kappa shape index (κ2) is 6.68. The highest BCUT2D eigenvalue weighted by Crippen LogP contribution is 2.25. The minimum absolute atomic E-state index is 0.181. The number of carbonyl (C=O) groups excluding carboxylic acids is 2. The SMILES string of the molecule is NC(=O)[C@H](OC(=O)c1cc(Cl)cc2cccnc12)c1ccccc1. The Bertz CT molecular complexity index is 913. The molecule has 24 heavy (non-hydrogen) atoms. The highest BCUT2D eigenvalue weighted by atomic mass is 35.5. The summed E-state index contributed by atoms with van der Waals surface area (Å²) in [6.07, 6.45) is 0.381. The number of esters is 1. The number of halogens is 1. The van der Waals surface area contributed by atoms with E-state index in [0.717, 1.165) is 0 Å². The van der Waals surface area contributed by atoms with Crippen LogP contribution in [0.4, 0.5) is 0 Å². The van der Waals surface area contributed by atoms with Gasteiger partial charge in [-0.25, -0.2) is 4.79 Å². The average molecular weight is 341 g/mol. The molecule has 3 aromatic rings. The van der Waals surface area contributed by atoms with Crippen LogP contribution in [0.15, 0.2) is 60.8 Å². The molecule has 5 nitrogen and oxygen atoms in total. The average Bonchev–Trinajstić information content (AvgIpc) is 2.59. The van der Waals surface area contributed by atoms with Gasteiger partial charge in [0.15, 0.2) is 0 Å². The normalized spacial score (nSPS) is 11.9. The van der Waals surface area contributed by atoms with Crippen molar-refractivity contribution in [2.75, 3.05) is 0 Å². The predicted octanol–water partition coefficient (Wildman–Crippen LogP) is 3.27. The first kappa shape index (κ1) is 16.0. The fourth-order valence-electron chi connectivity index (χ4n) is 2.40. The number of benzene rings is 2. The topological polar surface area (TPSA) is 82.3 Å². The molecule has 1 amide bonds. The molecule has 0 saturated carbocycles. The number of fused-ring (bicyclic) bond motifs is 1. The summed E-state index contributed by atoms with van der Waals surface area (Å²) in [4.78, 5) is 28.5. The standard InChI is InChI=1S/C18H13ClN2O3/c19-13-9-12-7-4-8-21-15(12)14(10-13)18(23)24-16(17(20)22)11-5-2-1-3-6-11/h1-10,16H,(H2,20,22)/t16-/m1/s1. The molecule has 2 aromatic carbocycles. The lowest BCUT2D eigenvalue weighted by Gasteiger charge is -2.15. The minimum atomic E-state index is -1.18. The van der Waals surface area contributed by atoms with Crippen molar-refractivity contribution in [2.24, 2.45) is 5.73 Å². The zero-order valence-electron chi connectivity index (χ0n) is 12.5. The highest BCUT2D eigenvalue weighted by molar-refractivity contribution is 6.32. The summed E-state index contributed by atoms with van der Waals surface area (Å²) in [5, 5.41) is 1.07. The zero-order valence-corrected chi connectivity index (χ0v) is 13.2. The molecular formula is C18H13ClN2O3. The second-order valence-corrected chi connectivity index (χ2v) is 5.56. The molecule has 0 unspecified atom stereocenters. The molecule has 1 atom stereocenters. The van der Waals surface area contributed by atoms with Crippen LogP contribution in [0.1, 0.15) is 22.0 Å². The number of nitrogens with zero attached hydrogens (tertiary/aromatic N) is 1. The van der Waals surface area contributed by atoms with Crippen LogP contribution in [-0.4, -0.2) is 16.9 Å². The van der Waals surface area contributed by atoms with Gasteiger partial charge in [-0.2, -0.15) is 0 Å². The number of carbonyl (C=O) groups is 2. The van der Waals surface area contributed by atoms with Crippen molar-refractivity contribution in [1.82, 2.24) is 4.98 Å². The Morgan fingerprint density at radius 2 is 1.83 bits per heavy atom. The summed E-state index contributed by atoms with van der Waals surface area (Å²) >= 11 is 6.06. The van der Waals surface area contributed by atoms with Gasteiger partial charge in [0.25, 0.3) is 5.91 Å². The number of nitrogens with two attached hydrogens (primary N) is 1. The van der Waals surface area contributed by atoms with Gasteiger partial charge in [-0.3, -0.25) is 9.78 Å². The van der Waals surface area contributed by atoms with Gasteiger partial charge in [0, 0.05) is 22.2 Å².